The molecule has 15 heteroatoms. The standard InChI is InChI=1S/C21H26F3N7O4S/c1-29-12-15(10-26-29)36(33,34)30-8-6-13(7-9-30)27-20-25-11-16-18(28-20)31(14-4-2-3-5-14)19(32)17(35-16)21(22,23)24/h10-14,17H,2-9H2,1H3,(H,25,27,28). The summed E-state index contributed by atoms with van der Waals surface area (Å²) < 4.78 is 73.9. The fraction of sp³-hybridized carbons (Fsp3) is 0.619. The molecular formula is C21H26F3N7O4S. The first kappa shape index (κ1) is 24.7. The van der Waals surface area contributed by atoms with Crippen molar-refractivity contribution in [3.05, 3.63) is 18.6 Å². The molecule has 11 nitrogen and oxygen atoms in total. The Labute approximate surface area is 205 Å². The van der Waals surface area contributed by atoms with Gasteiger partial charge in [-0.05, 0) is 25.7 Å². The van der Waals surface area contributed by atoms with Crippen molar-refractivity contribution in [2.75, 3.05) is 23.3 Å². The molecule has 1 unspecified atom stereocenters. The van der Waals surface area contributed by atoms with Gasteiger partial charge in [-0.3, -0.25) is 14.4 Å². The van der Waals surface area contributed by atoms with Crippen molar-refractivity contribution >= 4 is 27.7 Å². The molecule has 36 heavy (non-hydrogen) atoms. The molecule has 5 rings (SSSR count). The fourth-order valence-electron chi connectivity index (χ4n) is 4.92. The van der Waals surface area contributed by atoms with Crippen LogP contribution in [0.5, 0.6) is 5.75 Å². The van der Waals surface area contributed by atoms with Crippen LogP contribution >= 0.6 is 0 Å². The van der Waals surface area contributed by atoms with E-state index in [0.717, 1.165) is 23.9 Å². The number of nitrogens with zero attached hydrogens (tertiary/aromatic N) is 6. The van der Waals surface area contributed by atoms with Gasteiger partial charge in [-0.25, -0.2) is 13.4 Å². The summed E-state index contributed by atoms with van der Waals surface area (Å²) in [5, 5.41) is 7.06. The normalized spacial score (nSPS) is 22.5. The Morgan fingerprint density at radius 2 is 1.81 bits per heavy atom. The Morgan fingerprint density at radius 3 is 2.42 bits per heavy atom. The van der Waals surface area contributed by atoms with Gasteiger partial charge in [-0.1, -0.05) is 12.8 Å². The number of carbonyl (C=O) groups excluding carboxylic acids is 1. The zero-order valence-electron chi connectivity index (χ0n) is 19.5. The summed E-state index contributed by atoms with van der Waals surface area (Å²) in [6.07, 6.45) is 0.225. The van der Waals surface area contributed by atoms with Crippen molar-refractivity contribution in [1.82, 2.24) is 24.1 Å². The Morgan fingerprint density at radius 1 is 1.11 bits per heavy atom. The van der Waals surface area contributed by atoms with Gasteiger partial charge in [0.2, 0.25) is 16.0 Å². The third-order valence-corrected chi connectivity index (χ3v) is 8.62. The van der Waals surface area contributed by atoms with E-state index >= 15 is 0 Å². The largest absolute Gasteiger partial charge is 0.465 e. The lowest BCUT2D eigenvalue weighted by Crippen LogP contribution is -2.56. The van der Waals surface area contributed by atoms with Crippen molar-refractivity contribution in [1.29, 1.82) is 0 Å². The molecule has 1 atom stereocenters. The highest BCUT2D eigenvalue weighted by Gasteiger charge is 2.54. The number of nitrogens with one attached hydrogen (secondary N) is 1. The molecule has 2 aliphatic heterocycles. The number of hydrogen-bond donors (Lipinski definition) is 1. The number of ether oxygens (including phenoxy) is 1. The van der Waals surface area contributed by atoms with E-state index in [1.54, 1.807) is 7.05 Å². The second kappa shape index (κ2) is 9.18. The fourth-order valence-corrected chi connectivity index (χ4v) is 6.38. The van der Waals surface area contributed by atoms with Crippen LogP contribution in [-0.4, -0.2) is 75.8 Å². The zero-order valence-corrected chi connectivity index (χ0v) is 20.3. The third kappa shape index (κ3) is 4.61. The Balaban J connectivity index is 1.31. The number of alkyl halides is 3. The van der Waals surface area contributed by atoms with Crippen molar-refractivity contribution in [2.45, 2.75) is 67.8 Å². The van der Waals surface area contributed by atoms with E-state index in [4.69, 9.17) is 4.74 Å². The molecule has 2 fully saturated rings. The maximum absolute atomic E-state index is 13.5. The summed E-state index contributed by atoms with van der Waals surface area (Å²) in [5.41, 5.74) is 0. The van der Waals surface area contributed by atoms with Gasteiger partial charge >= 0.3 is 6.18 Å². The topological polar surface area (TPSA) is 123 Å². The third-order valence-electron chi connectivity index (χ3n) is 6.76. The minimum atomic E-state index is -4.85. The zero-order chi connectivity index (χ0) is 25.7. The first-order chi connectivity index (χ1) is 17.0. The molecule has 0 radical (unpaired) electrons. The van der Waals surface area contributed by atoms with E-state index in [2.05, 4.69) is 20.4 Å². The van der Waals surface area contributed by atoms with Crippen LogP contribution in [0.15, 0.2) is 23.5 Å². The predicted molar refractivity (Wildman–Crippen MR) is 121 cm³/mol. The number of piperidine rings is 1. The minimum Gasteiger partial charge on any atom is -0.465 e. The number of hydrogen-bond acceptors (Lipinski definition) is 8. The smallest absolute Gasteiger partial charge is 0.434 e. The van der Waals surface area contributed by atoms with Gasteiger partial charge < -0.3 is 10.1 Å². The number of amides is 1. The molecule has 3 aliphatic rings. The molecule has 1 aliphatic carbocycles. The van der Waals surface area contributed by atoms with Gasteiger partial charge in [-0.2, -0.15) is 27.6 Å². The molecule has 1 N–H and O–H groups in total. The van der Waals surface area contributed by atoms with Gasteiger partial charge in [0.05, 0.1) is 12.4 Å². The van der Waals surface area contributed by atoms with Gasteiger partial charge in [0.25, 0.3) is 12.0 Å². The van der Waals surface area contributed by atoms with Crippen LogP contribution < -0.4 is 15.0 Å². The lowest BCUT2D eigenvalue weighted by molar-refractivity contribution is -0.198. The number of anilines is 2. The number of aromatic nitrogens is 4. The van der Waals surface area contributed by atoms with Crippen LogP contribution in [-0.2, 0) is 21.9 Å². The van der Waals surface area contributed by atoms with E-state index in [0.29, 0.717) is 25.7 Å². The maximum Gasteiger partial charge on any atom is 0.434 e. The SMILES string of the molecule is Cn1cc(S(=O)(=O)N2CCC(Nc3ncc4c(n3)N(C3CCCC3)C(=O)C(C(F)(F)F)O4)CC2)cn1. The minimum absolute atomic E-state index is 0.0292. The Kier molecular flexibility index (Phi) is 6.31. The number of rotatable bonds is 5. The highest BCUT2D eigenvalue weighted by molar-refractivity contribution is 7.89. The van der Waals surface area contributed by atoms with Crippen LogP contribution in [0.3, 0.4) is 0 Å². The van der Waals surface area contributed by atoms with E-state index in [1.807, 2.05) is 0 Å². The van der Waals surface area contributed by atoms with Crippen molar-refractivity contribution < 1.29 is 31.1 Å². The molecule has 1 saturated heterocycles. The maximum atomic E-state index is 13.5. The lowest BCUT2D eigenvalue weighted by Gasteiger charge is -2.37. The van der Waals surface area contributed by atoms with Crippen LogP contribution in [0.1, 0.15) is 38.5 Å². The summed E-state index contributed by atoms with van der Waals surface area (Å²) in [7, 11) is -2.01. The number of halogens is 3. The van der Waals surface area contributed by atoms with Gasteiger partial charge in [0, 0.05) is 38.4 Å². The molecule has 1 saturated carbocycles. The van der Waals surface area contributed by atoms with Crippen molar-refractivity contribution in [3.63, 3.8) is 0 Å². The van der Waals surface area contributed by atoms with E-state index in [-0.39, 0.29) is 47.6 Å². The van der Waals surface area contributed by atoms with Crippen LogP contribution in [0, 0.1) is 0 Å². The van der Waals surface area contributed by atoms with Crippen LogP contribution in [0.2, 0.25) is 0 Å². The highest BCUT2D eigenvalue weighted by atomic mass is 32.2. The van der Waals surface area contributed by atoms with E-state index < -0.39 is 28.2 Å². The lowest BCUT2D eigenvalue weighted by atomic mass is 10.1. The van der Waals surface area contributed by atoms with Gasteiger partial charge in [-0.15, -0.1) is 0 Å². The first-order valence-electron chi connectivity index (χ1n) is 11.7. The van der Waals surface area contributed by atoms with E-state index in [1.165, 1.54) is 21.4 Å². The first-order valence-corrected chi connectivity index (χ1v) is 13.2. The molecule has 2 aromatic rings. The summed E-state index contributed by atoms with van der Waals surface area (Å²) in [6, 6.07) is -0.542. The second-order valence-electron chi connectivity index (χ2n) is 9.24. The molecule has 0 bridgehead atoms. The second-order valence-corrected chi connectivity index (χ2v) is 11.2. The Bertz CT molecular complexity index is 1240. The number of fused-ring (bicyclic) bond motifs is 1. The molecule has 1 amide bonds. The monoisotopic (exact) mass is 529 g/mol. The molecule has 0 spiro atoms. The average molecular weight is 530 g/mol. The summed E-state index contributed by atoms with van der Waals surface area (Å²) >= 11 is 0. The van der Waals surface area contributed by atoms with Gasteiger partial charge in [0.1, 0.15) is 4.90 Å². The molecular weight excluding hydrogens is 503 g/mol. The average Bonchev–Trinajstić information content (AvgIpc) is 3.51. The summed E-state index contributed by atoms with van der Waals surface area (Å²) in [4.78, 5) is 22.5. The quantitative estimate of drug-likeness (QED) is 0.625. The Hall–Kier alpha value is -2.94. The summed E-state index contributed by atoms with van der Waals surface area (Å²) in [6.45, 7) is 0.534. The number of aryl methyl sites for hydroxylation is 1. The number of carbonyl (C=O) groups is 1. The number of sulfonamides is 1. The molecule has 0 aromatic carbocycles. The summed E-state index contributed by atoms with van der Waals surface area (Å²) in [5.74, 6) is -1.18. The predicted octanol–water partition coefficient (Wildman–Crippen LogP) is 2.07. The van der Waals surface area contributed by atoms with E-state index in [9.17, 15) is 26.4 Å². The molecule has 196 valence electrons. The van der Waals surface area contributed by atoms with Crippen molar-refractivity contribution in [2.24, 2.45) is 7.05 Å². The molecule has 4 heterocycles. The molecule has 2 aromatic heterocycles. The highest BCUT2D eigenvalue weighted by Crippen LogP contribution is 2.41. The van der Waals surface area contributed by atoms with Crippen molar-refractivity contribution in [3.8, 4) is 5.75 Å². The van der Waals surface area contributed by atoms with Crippen LogP contribution in [0.4, 0.5) is 24.9 Å². The van der Waals surface area contributed by atoms with Gasteiger partial charge in [0.15, 0.2) is 11.6 Å². The van der Waals surface area contributed by atoms with Crippen LogP contribution in [0.25, 0.3) is 0 Å².